The third kappa shape index (κ3) is 9.10. The highest BCUT2D eigenvalue weighted by atomic mass is 35.5. The molecule has 1 rings (SSSR count). The molecule has 0 heterocycles. The smallest absolute Gasteiger partial charge is 0.326 e. The Morgan fingerprint density at radius 2 is 1.92 bits per heavy atom. The number of aliphatic carboxylic acids is 1. The van der Waals surface area contributed by atoms with Crippen molar-refractivity contribution in [2.45, 2.75) is 58.1 Å². The van der Waals surface area contributed by atoms with Crippen LogP contribution in [-0.2, 0) is 20.7 Å². The molecule has 1 amide bonds. The minimum absolute atomic E-state index is 0.227. The maximum Gasteiger partial charge on any atom is 0.326 e. The number of hydrogen-bond donors (Lipinski definition) is 2. The molecule has 0 fully saturated rings. The van der Waals surface area contributed by atoms with Crippen LogP contribution in [0.4, 0.5) is 0 Å². The number of carbonyl (C=O) groups is 2. The summed E-state index contributed by atoms with van der Waals surface area (Å²) in [6, 6.07) is 4.40. The number of halogens is 2. The van der Waals surface area contributed by atoms with Gasteiger partial charge in [0.25, 0.3) is 0 Å². The van der Waals surface area contributed by atoms with E-state index in [1.807, 2.05) is 26.8 Å². The van der Waals surface area contributed by atoms with E-state index in [1.165, 1.54) is 0 Å². The minimum atomic E-state index is -1.06. The summed E-state index contributed by atoms with van der Waals surface area (Å²) in [4.78, 5) is 23.2. The summed E-state index contributed by atoms with van der Waals surface area (Å²) in [5, 5.41) is 12.7. The molecule has 0 aromatic heterocycles. The third-order valence-electron chi connectivity index (χ3n) is 3.43. The van der Waals surface area contributed by atoms with Crippen molar-refractivity contribution in [1.82, 2.24) is 5.32 Å². The van der Waals surface area contributed by atoms with Gasteiger partial charge in [0.2, 0.25) is 5.91 Å². The van der Waals surface area contributed by atoms with Gasteiger partial charge in [0.1, 0.15) is 6.04 Å². The second-order valence-corrected chi connectivity index (χ2v) is 7.62. The van der Waals surface area contributed by atoms with Crippen LogP contribution in [0, 0.1) is 0 Å². The van der Waals surface area contributed by atoms with Gasteiger partial charge < -0.3 is 15.2 Å². The first-order valence-corrected chi connectivity index (χ1v) is 8.94. The molecule has 5 nitrogen and oxygen atoms in total. The van der Waals surface area contributed by atoms with Crippen LogP contribution in [0.3, 0.4) is 0 Å². The number of carbonyl (C=O) groups excluding carboxylic acids is 1. The van der Waals surface area contributed by atoms with E-state index in [0.29, 0.717) is 22.9 Å². The fourth-order valence-corrected chi connectivity index (χ4v) is 2.48. The maximum atomic E-state index is 12.0. The van der Waals surface area contributed by atoms with E-state index in [-0.39, 0.29) is 31.0 Å². The fraction of sp³-hybridized carbons (Fsp3) is 0.556. The number of amides is 1. The van der Waals surface area contributed by atoms with Crippen LogP contribution in [0.5, 0.6) is 0 Å². The molecule has 0 aliphatic carbocycles. The number of rotatable bonds is 9. The number of carboxylic acids is 1. The van der Waals surface area contributed by atoms with Crippen LogP contribution in [0.2, 0.25) is 10.0 Å². The monoisotopic (exact) mass is 389 g/mol. The van der Waals surface area contributed by atoms with Crippen molar-refractivity contribution in [3.63, 3.8) is 0 Å². The zero-order chi connectivity index (χ0) is 19.0. The van der Waals surface area contributed by atoms with Crippen molar-refractivity contribution in [1.29, 1.82) is 0 Å². The highest BCUT2D eigenvalue weighted by Crippen LogP contribution is 2.23. The van der Waals surface area contributed by atoms with Crippen LogP contribution in [0.1, 0.15) is 45.6 Å². The molecule has 0 saturated heterocycles. The van der Waals surface area contributed by atoms with Crippen LogP contribution in [0.25, 0.3) is 0 Å². The quantitative estimate of drug-likeness (QED) is 0.666. The van der Waals surface area contributed by atoms with E-state index in [0.717, 1.165) is 5.56 Å². The number of nitrogens with one attached hydrogen (secondary N) is 1. The molecule has 1 unspecified atom stereocenters. The van der Waals surface area contributed by atoms with Crippen molar-refractivity contribution >= 4 is 35.1 Å². The standard InChI is InChI=1S/C18H25Cl2NO4/c1-18(2,3)25-10-9-15(17(23)24)21-16(22)6-4-5-12-7-8-13(19)14(20)11-12/h7-8,11,15H,4-6,9-10H2,1-3H3,(H,21,22)(H,23,24). The second kappa shape index (κ2) is 10.00. The lowest BCUT2D eigenvalue weighted by Gasteiger charge is -2.21. The molecule has 0 spiro atoms. The van der Waals surface area contributed by atoms with Gasteiger partial charge in [-0.05, 0) is 51.3 Å². The predicted octanol–water partition coefficient (Wildman–Crippen LogP) is 4.09. The SMILES string of the molecule is CC(C)(C)OCCC(NC(=O)CCCc1ccc(Cl)c(Cl)c1)C(=O)O. The van der Waals surface area contributed by atoms with Crippen molar-refractivity contribution in [2.75, 3.05) is 6.61 Å². The molecule has 0 radical (unpaired) electrons. The minimum Gasteiger partial charge on any atom is -0.480 e. The van der Waals surface area contributed by atoms with Gasteiger partial charge in [0.05, 0.1) is 15.6 Å². The van der Waals surface area contributed by atoms with E-state index < -0.39 is 12.0 Å². The van der Waals surface area contributed by atoms with Crippen LogP contribution < -0.4 is 5.32 Å². The third-order valence-corrected chi connectivity index (χ3v) is 4.17. The predicted molar refractivity (Wildman–Crippen MR) is 99.3 cm³/mol. The van der Waals surface area contributed by atoms with Gasteiger partial charge in [-0.3, -0.25) is 4.79 Å². The van der Waals surface area contributed by atoms with E-state index in [9.17, 15) is 14.7 Å². The van der Waals surface area contributed by atoms with Crippen LogP contribution in [-0.4, -0.2) is 35.2 Å². The van der Waals surface area contributed by atoms with E-state index in [2.05, 4.69) is 5.32 Å². The summed E-state index contributed by atoms with van der Waals surface area (Å²) in [5.41, 5.74) is 0.642. The Labute approximate surface area is 158 Å². The molecule has 2 N–H and O–H groups in total. The molecule has 25 heavy (non-hydrogen) atoms. The van der Waals surface area contributed by atoms with Crippen molar-refractivity contribution in [2.24, 2.45) is 0 Å². The molecule has 0 saturated carbocycles. The largest absolute Gasteiger partial charge is 0.480 e. The topological polar surface area (TPSA) is 75.6 Å². The fourth-order valence-electron chi connectivity index (χ4n) is 2.16. The normalized spacial score (nSPS) is 12.7. The molecule has 140 valence electrons. The van der Waals surface area contributed by atoms with Gasteiger partial charge in [0.15, 0.2) is 0 Å². The van der Waals surface area contributed by atoms with E-state index in [4.69, 9.17) is 27.9 Å². The Balaban J connectivity index is 2.39. The molecular weight excluding hydrogens is 365 g/mol. The molecular formula is C18H25Cl2NO4. The van der Waals surface area contributed by atoms with Gasteiger partial charge >= 0.3 is 5.97 Å². The van der Waals surface area contributed by atoms with Gasteiger partial charge in [-0.1, -0.05) is 29.3 Å². The summed E-state index contributed by atoms with van der Waals surface area (Å²) in [7, 11) is 0. The molecule has 0 aliphatic rings. The average molecular weight is 390 g/mol. The van der Waals surface area contributed by atoms with E-state index >= 15 is 0 Å². The highest BCUT2D eigenvalue weighted by Gasteiger charge is 2.21. The Hall–Kier alpha value is -1.30. The molecule has 1 aromatic rings. The first kappa shape index (κ1) is 21.7. The summed E-state index contributed by atoms with van der Waals surface area (Å²) in [5.74, 6) is -1.35. The molecule has 1 aromatic carbocycles. The molecule has 0 bridgehead atoms. The summed E-state index contributed by atoms with van der Waals surface area (Å²) < 4.78 is 5.51. The Morgan fingerprint density at radius 3 is 2.48 bits per heavy atom. The van der Waals surface area contributed by atoms with Crippen LogP contribution >= 0.6 is 23.2 Å². The number of carboxylic acid groups (broad SMARTS) is 1. The second-order valence-electron chi connectivity index (χ2n) is 6.81. The summed E-state index contributed by atoms with van der Waals surface area (Å²) in [6.45, 7) is 5.95. The van der Waals surface area contributed by atoms with Crippen molar-refractivity contribution < 1.29 is 19.4 Å². The van der Waals surface area contributed by atoms with Gasteiger partial charge in [0, 0.05) is 19.4 Å². The summed E-state index contributed by atoms with van der Waals surface area (Å²) in [6.07, 6.45) is 1.72. The Kier molecular flexibility index (Phi) is 8.69. The zero-order valence-corrected chi connectivity index (χ0v) is 16.3. The first-order chi connectivity index (χ1) is 11.6. The van der Waals surface area contributed by atoms with Crippen molar-refractivity contribution in [3.8, 4) is 0 Å². The summed E-state index contributed by atoms with van der Waals surface area (Å²) >= 11 is 11.8. The Bertz CT molecular complexity index is 599. The van der Waals surface area contributed by atoms with Gasteiger partial charge in [-0.2, -0.15) is 0 Å². The zero-order valence-electron chi connectivity index (χ0n) is 14.8. The molecule has 1 atom stereocenters. The number of ether oxygens (including phenoxy) is 1. The first-order valence-electron chi connectivity index (χ1n) is 8.18. The average Bonchev–Trinajstić information content (AvgIpc) is 2.48. The van der Waals surface area contributed by atoms with Crippen molar-refractivity contribution in [3.05, 3.63) is 33.8 Å². The Morgan fingerprint density at radius 1 is 1.24 bits per heavy atom. The lowest BCUT2D eigenvalue weighted by atomic mass is 10.1. The van der Waals surface area contributed by atoms with E-state index in [1.54, 1.807) is 12.1 Å². The number of aryl methyl sites for hydroxylation is 1. The van der Waals surface area contributed by atoms with Crippen LogP contribution in [0.15, 0.2) is 18.2 Å². The molecule has 7 heteroatoms. The maximum absolute atomic E-state index is 12.0. The lowest BCUT2D eigenvalue weighted by Crippen LogP contribution is -2.42. The highest BCUT2D eigenvalue weighted by molar-refractivity contribution is 6.42. The van der Waals surface area contributed by atoms with Gasteiger partial charge in [-0.15, -0.1) is 0 Å². The number of benzene rings is 1. The number of hydrogen-bond acceptors (Lipinski definition) is 3. The van der Waals surface area contributed by atoms with Gasteiger partial charge in [-0.25, -0.2) is 4.79 Å². The molecule has 0 aliphatic heterocycles. The lowest BCUT2D eigenvalue weighted by molar-refractivity contribution is -0.142.